The van der Waals surface area contributed by atoms with Crippen molar-refractivity contribution in [2.24, 2.45) is 5.92 Å². The molecule has 3 nitrogen and oxygen atoms in total. The van der Waals surface area contributed by atoms with Crippen molar-refractivity contribution in [3.63, 3.8) is 0 Å². The highest BCUT2D eigenvalue weighted by Gasteiger charge is 2.49. The maximum atomic E-state index is 5.07. The molecule has 3 aliphatic rings. The predicted octanol–water partition coefficient (Wildman–Crippen LogP) is 10.0. The number of aromatic nitrogens is 3. The smallest absolute Gasteiger partial charge is 0.160 e. The minimum atomic E-state index is 0.311. The Labute approximate surface area is 258 Å². The third kappa shape index (κ3) is 4.56. The van der Waals surface area contributed by atoms with Gasteiger partial charge in [-0.2, -0.15) is 0 Å². The Morgan fingerprint density at radius 1 is 0.674 bits per heavy atom. The fourth-order valence-corrected chi connectivity index (χ4v) is 8.00. The standard InChI is InChI=1S/C39H33N3S/c43-37-14-5-3-12-31(37)36-25-35(26-17-21-40-22-18-26)41-38(42-36)29-10-8-9-27(23-29)28-15-16-34-32(24-28)30-11-2-4-13-33(30)39(34)19-6-1-7-20-39/h2-5,8-12,14-18,21-25,33,43H,1,6-7,13,19-20H2. The van der Waals surface area contributed by atoms with Crippen LogP contribution in [0.25, 0.3) is 50.6 Å². The summed E-state index contributed by atoms with van der Waals surface area (Å²) in [5, 5.41) is 0. The number of pyridine rings is 1. The third-order valence-electron chi connectivity index (χ3n) is 9.78. The van der Waals surface area contributed by atoms with Crippen LogP contribution in [0.1, 0.15) is 49.7 Å². The van der Waals surface area contributed by atoms with Crippen LogP contribution in [0.2, 0.25) is 0 Å². The average Bonchev–Trinajstić information content (AvgIpc) is 3.34. The van der Waals surface area contributed by atoms with Gasteiger partial charge in [-0.3, -0.25) is 4.98 Å². The second-order valence-corrected chi connectivity index (χ2v) is 12.6. The van der Waals surface area contributed by atoms with E-state index in [0.29, 0.717) is 17.2 Å². The molecule has 0 bridgehead atoms. The van der Waals surface area contributed by atoms with Crippen molar-refractivity contribution < 1.29 is 0 Å². The number of hydrogen-bond acceptors (Lipinski definition) is 4. The van der Waals surface area contributed by atoms with Crippen LogP contribution >= 0.6 is 12.6 Å². The summed E-state index contributed by atoms with van der Waals surface area (Å²) in [7, 11) is 0. The lowest BCUT2D eigenvalue weighted by Gasteiger charge is -2.40. The van der Waals surface area contributed by atoms with E-state index < -0.39 is 0 Å². The number of rotatable bonds is 4. The van der Waals surface area contributed by atoms with Crippen LogP contribution in [0.4, 0.5) is 0 Å². The second kappa shape index (κ2) is 10.8. The van der Waals surface area contributed by atoms with Gasteiger partial charge in [0.15, 0.2) is 5.82 Å². The van der Waals surface area contributed by atoms with Crippen molar-refractivity contribution in [2.75, 3.05) is 0 Å². The summed E-state index contributed by atoms with van der Waals surface area (Å²) in [4.78, 5) is 15.2. The van der Waals surface area contributed by atoms with Gasteiger partial charge in [0.25, 0.3) is 0 Å². The number of fused-ring (bicyclic) bond motifs is 5. The van der Waals surface area contributed by atoms with Crippen molar-refractivity contribution in [1.29, 1.82) is 0 Å². The lowest BCUT2D eigenvalue weighted by molar-refractivity contribution is 0.241. The molecule has 2 aromatic heterocycles. The van der Waals surface area contributed by atoms with Crippen LogP contribution in [0.15, 0.2) is 120 Å². The van der Waals surface area contributed by atoms with E-state index in [1.807, 2.05) is 36.4 Å². The van der Waals surface area contributed by atoms with Crippen LogP contribution in [0.5, 0.6) is 0 Å². The van der Waals surface area contributed by atoms with Crippen molar-refractivity contribution in [3.05, 3.63) is 127 Å². The Hall–Kier alpha value is -4.28. The molecule has 1 saturated carbocycles. The summed E-state index contributed by atoms with van der Waals surface area (Å²) < 4.78 is 0. The van der Waals surface area contributed by atoms with Crippen molar-refractivity contribution >= 4 is 18.2 Å². The maximum Gasteiger partial charge on any atom is 0.160 e. The summed E-state index contributed by atoms with van der Waals surface area (Å²) in [5.74, 6) is 1.32. The van der Waals surface area contributed by atoms with Crippen LogP contribution in [0.3, 0.4) is 0 Å². The molecule has 4 heteroatoms. The molecule has 1 spiro atoms. The molecule has 0 radical (unpaired) electrons. The van der Waals surface area contributed by atoms with Gasteiger partial charge >= 0.3 is 0 Å². The first-order valence-corrected chi connectivity index (χ1v) is 15.8. The Bertz CT molecular complexity index is 1900. The molecule has 0 N–H and O–H groups in total. The number of hydrogen-bond donors (Lipinski definition) is 1. The monoisotopic (exact) mass is 575 g/mol. The number of nitrogens with zero attached hydrogens (tertiary/aromatic N) is 3. The SMILES string of the molecule is Sc1ccccc1-c1cc(-c2ccncc2)nc(-c2cccc(-c3ccc4c(c3)C3=CC=CCC3C43CCCCC3)c2)n1. The summed E-state index contributed by atoms with van der Waals surface area (Å²) in [5.41, 5.74) is 12.0. The van der Waals surface area contributed by atoms with Gasteiger partial charge in [0.1, 0.15) is 0 Å². The molecular formula is C39H33N3S. The van der Waals surface area contributed by atoms with E-state index in [4.69, 9.17) is 22.6 Å². The maximum absolute atomic E-state index is 5.07. The molecule has 5 aromatic rings. The highest BCUT2D eigenvalue weighted by atomic mass is 32.1. The Morgan fingerprint density at radius 3 is 2.33 bits per heavy atom. The number of thiol groups is 1. The van der Waals surface area contributed by atoms with Gasteiger partial charge in [-0.1, -0.05) is 86.0 Å². The van der Waals surface area contributed by atoms with E-state index in [1.165, 1.54) is 48.8 Å². The lowest BCUT2D eigenvalue weighted by Crippen LogP contribution is -2.34. The Morgan fingerprint density at radius 2 is 1.47 bits per heavy atom. The molecule has 0 aliphatic heterocycles. The molecule has 8 rings (SSSR count). The minimum Gasteiger partial charge on any atom is -0.265 e. The van der Waals surface area contributed by atoms with Gasteiger partial charge in [0.2, 0.25) is 0 Å². The Balaban J connectivity index is 1.23. The highest BCUT2D eigenvalue weighted by Crippen LogP contribution is 2.59. The summed E-state index contributed by atoms with van der Waals surface area (Å²) in [6, 6.07) is 30.0. The number of allylic oxidation sites excluding steroid dienone is 4. The predicted molar refractivity (Wildman–Crippen MR) is 179 cm³/mol. The molecule has 43 heavy (non-hydrogen) atoms. The largest absolute Gasteiger partial charge is 0.265 e. The highest BCUT2D eigenvalue weighted by molar-refractivity contribution is 7.80. The minimum absolute atomic E-state index is 0.311. The van der Waals surface area contributed by atoms with Crippen LogP contribution < -0.4 is 0 Å². The molecule has 1 fully saturated rings. The normalized spacial score (nSPS) is 18.3. The van der Waals surface area contributed by atoms with Gasteiger partial charge in [-0.05, 0) is 89.4 Å². The molecular weight excluding hydrogens is 543 g/mol. The number of benzene rings is 3. The zero-order valence-electron chi connectivity index (χ0n) is 24.1. The third-order valence-corrected chi connectivity index (χ3v) is 10.2. The first-order valence-electron chi connectivity index (χ1n) is 15.4. The summed E-state index contributed by atoms with van der Waals surface area (Å²) >= 11 is 4.74. The molecule has 0 saturated heterocycles. The average molecular weight is 576 g/mol. The van der Waals surface area contributed by atoms with Gasteiger partial charge in [0.05, 0.1) is 11.4 Å². The van der Waals surface area contributed by atoms with Gasteiger partial charge in [-0.25, -0.2) is 9.97 Å². The van der Waals surface area contributed by atoms with Crippen molar-refractivity contribution in [3.8, 4) is 45.0 Å². The van der Waals surface area contributed by atoms with E-state index >= 15 is 0 Å². The van der Waals surface area contributed by atoms with E-state index in [-0.39, 0.29) is 0 Å². The van der Waals surface area contributed by atoms with E-state index in [0.717, 1.165) is 39.4 Å². The van der Waals surface area contributed by atoms with Gasteiger partial charge in [0, 0.05) is 39.4 Å². The fraction of sp³-hybridized carbons (Fsp3) is 0.205. The van der Waals surface area contributed by atoms with Gasteiger partial charge in [-0.15, -0.1) is 12.6 Å². The first kappa shape index (κ1) is 26.4. The van der Waals surface area contributed by atoms with E-state index in [2.05, 4.69) is 71.7 Å². The fourth-order valence-electron chi connectivity index (χ4n) is 7.73. The molecule has 1 atom stereocenters. The summed E-state index contributed by atoms with van der Waals surface area (Å²) in [6.07, 6.45) is 18.5. The molecule has 210 valence electrons. The quantitative estimate of drug-likeness (QED) is 0.217. The first-order chi connectivity index (χ1) is 21.2. The zero-order chi connectivity index (χ0) is 28.8. The van der Waals surface area contributed by atoms with Gasteiger partial charge < -0.3 is 0 Å². The van der Waals surface area contributed by atoms with Crippen LogP contribution in [-0.2, 0) is 5.41 Å². The summed E-state index contributed by atoms with van der Waals surface area (Å²) in [6.45, 7) is 0. The van der Waals surface area contributed by atoms with Crippen LogP contribution in [0, 0.1) is 5.92 Å². The second-order valence-electron chi connectivity index (χ2n) is 12.1. The molecule has 2 heterocycles. The topological polar surface area (TPSA) is 38.7 Å². The molecule has 1 unspecified atom stereocenters. The van der Waals surface area contributed by atoms with E-state index in [1.54, 1.807) is 23.5 Å². The molecule has 0 amide bonds. The van der Waals surface area contributed by atoms with Crippen molar-refractivity contribution in [1.82, 2.24) is 15.0 Å². The van der Waals surface area contributed by atoms with E-state index in [9.17, 15) is 0 Å². The zero-order valence-corrected chi connectivity index (χ0v) is 25.0. The van der Waals surface area contributed by atoms with Crippen molar-refractivity contribution in [2.45, 2.75) is 48.8 Å². The van der Waals surface area contributed by atoms with Crippen LogP contribution in [-0.4, -0.2) is 15.0 Å². The molecule has 3 aliphatic carbocycles. The lowest BCUT2D eigenvalue weighted by atomic mass is 9.63. The molecule has 3 aromatic carbocycles. The Kier molecular flexibility index (Phi) is 6.60.